The number of hydrogen-bond donors (Lipinski definition) is 1. The van der Waals surface area contributed by atoms with Crippen LogP contribution in [-0.4, -0.2) is 21.4 Å². The average Bonchev–Trinajstić information content (AvgIpc) is 2.56. The Hall–Kier alpha value is -2.38. The summed E-state index contributed by atoms with van der Waals surface area (Å²) in [4.78, 5) is 22.1. The van der Waals surface area contributed by atoms with Gasteiger partial charge in [-0.05, 0) is 24.1 Å². The molecule has 0 atom stereocenters. The Balaban J connectivity index is 1.75. The summed E-state index contributed by atoms with van der Waals surface area (Å²) in [7, 11) is 0. The third-order valence-electron chi connectivity index (χ3n) is 4.21. The monoisotopic (exact) mass is 307 g/mol. The first-order valence-electron chi connectivity index (χ1n) is 8.08. The topological polar surface area (TPSA) is 49.0 Å². The Morgan fingerprint density at radius 1 is 1.35 bits per heavy atom. The van der Waals surface area contributed by atoms with Gasteiger partial charge in [0.05, 0.1) is 11.3 Å². The molecule has 3 rings (SSSR count). The minimum absolute atomic E-state index is 0.0193. The fourth-order valence-corrected chi connectivity index (χ4v) is 2.99. The van der Waals surface area contributed by atoms with Crippen LogP contribution in [0.1, 0.15) is 41.6 Å². The summed E-state index contributed by atoms with van der Waals surface area (Å²) in [6.45, 7) is 4.49. The molecule has 23 heavy (non-hydrogen) atoms. The Labute approximate surface area is 136 Å². The predicted molar refractivity (Wildman–Crippen MR) is 91.0 cm³/mol. The second-order valence-corrected chi connectivity index (χ2v) is 5.99. The van der Waals surface area contributed by atoms with Crippen molar-refractivity contribution in [3.63, 3.8) is 0 Å². The van der Waals surface area contributed by atoms with E-state index in [1.165, 1.54) is 5.56 Å². The Morgan fingerprint density at radius 3 is 2.83 bits per heavy atom. The maximum atomic E-state index is 12.3. The lowest BCUT2D eigenvalue weighted by Crippen LogP contribution is -2.35. The zero-order valence-corrected chi connectivity index (χ0v) is 13.4. The normalized spacial score (nSPS) is 14.3. The van der Waals surface area contributed by atoms with Gasteiger partial charge in [-0.25, -0.2) is 4.98 Å². The van der Waals surface area contributed by atoms with E-state index >= 15 is 0 Å². The average molecular weight is 307 g/mol. The highest BCUT2D eigenvalue weighted by Crippen LogP contribution is 2.17. The zero-order chi connectivity index (χ0) is 16.2. The van der Waals surface area contributed by atoms with E-state index in [0.717, 1.165) is 55.0 Å². The number of aromatic nitrogens is 2. The molecule has 0 bridgehead atoms. The molecule has 4 heteroatoms. The summed E-state index contributed by atoms with van der Waals surface area (Å²) < 4.78 is 0. The maximum Gasteiger partial charge on any atom is 0.255 e. The van der Waals surface area contributed by atoms with E-state index in [-0.39, 0.29) is 5.56 Å². The molecule has 118 valence electrons. The van der Waals surface area contributed by atoms with E-state index in [1.54, 1.807) is 0 Å². The number of aryl methyl sites for hydroxylation is 1. The third kappa shape index (κ3) is 3.52. The molecule has 0 amide bonds. The molecule has 1 N–H and O–H groups in total. The summed E-state index contributed by atoms with van der Waals surface area (Å²) in [5.74, 6) is 3.44. The summed E-state index contributed by atoms with van der Waals surface area (Å²) in [5.41, 5.74) is 3.90. The first kappa shape index (κ1) is 15.5. The highest BCUT2D eigenvalue weighted by molar-refractivity contribution is 5.34. The van der Waals surface area contributed by atoms with Crippen molar-refractivity contribution in [1.82, 2.24) is 14.9 Å². The largest absolute Gasteiger partial charge is 0.310 e. The van der Waals surface area contributed by atoms with E-state index in [2.05, 4.69) is 39.8 Å². The van der Waals surface area contributed by atoms with Crippen LogP contribution in [0.3, 0.4) is 0 Å². The van der Waals surface area contributed by atoms with Gasteiger partial charge in [-0.15, -0.1) is 6.42 Å². The van der Waals surface area contributed by atoms with Gasteiger partial charge in [0.15, 0.2) is 0 Å². The van der Waals surface area contributed by atoms with E-state index < -0.39 is 0 Å². The van der Waals surface area contributed by atoms with Crippen LogP contribution in [0.5, 0.6) is 0 Å². The Bertz CT molecular complexity index is 784. The van der Waals surface area contributed by atoms with Crippen LogP contribution in [0, 0.1) is 12.3 Å². The van der Waals surface area contributed by atoms with E-state index in [0.29, 0.717) is 6.54 Å². The summed E-state index contributed by atoms with van der Waals surface area (Å²) in [5, 5.41) is 0. The predicted octanol–water partition coefficient (Wildman–Crippen LogP) is 2.26. The Morgan fingerprint density at radius 2 is 2.13 bits per heavy atom. The van der Waals surface area contributed by atoms with Gasteiger partial charge in [0, 0.05) is 38.0 Å². The number of rotatable bonds is 4. The van der Waals surface area contributed by atoms with Crippen LogP contribution >= 0.6 is 0 Å². The number of benzene rings is 1. The molecule has 0 aliphatic carbocycles. The highest BCUT2D eigenvalue weighted by atomic mass is 16.1. The molecule has 0 saturated heterocycles. The van der Waals surface area contributed by atoms with Crippen LogP contribution in [0.4, 0.5) is 0 Å². The van der Waals surface area contributed by atoms with Gasteiger partial charge in [0.25, 0.3) is 5.56 Å². The molecule has 1 aromatic carbocycles. The molecule has 1 aliphatic heterocycles. The first-order chi connectivity index (χ1) is 11.2. The lowest BCUT2D eigenvalue weighted by Gasteiger charge is -2.27. The van der Waals surface area contributed by atoms with Crippen LogP contribution in [-0.2, 0) is 25.9 Å². The van der Waals surface area contributed by atoms with Crippen LogP contribution in [0.25, 0.3) is 0 Å². The minimum atomic E-state index is 0.0193. The number of hydrogen-bond acceptors (Lipinski definition) is 3. The van der Waals surface area contributed by atoms with E-state index in [9.17, 15) is 4.79 Å². The molecule has 0 spiro atoms. The molecule has 0 saturated carbocycles. The lowest BCUT2D eigenvalue weighted by atomic mass is 10.1. The zero-order valence-electron chi connectivity index (χ0n) is 13.4. The molecule has 1 aromatic heterocycles. The van der Waals surface area contributed by atoms with Crippen molar-refractivity contribution in [3.8, 4) is 12.3 Å². The molecule has 2 heterocycles. The maximum absolute atomic E-state index is 12.3. The first-order valence-corrected chi connectivity index (χ1v) is 8.08. The standard InChI is InChI=1S/C19H21N3O/c1-3-5-18-20-17-10-11-22(13-16(17)19(23)21-18)12-15-8-6-14(4-2)7-9-15/h2,6-9H,3,5,10-13H2,1H3,(H,20,21,23). The molecular formula is C19H21N3O. The number of nitrogens with one attached hydrogen (secondary N) is 1. The van der Waals surface area contributed by atoms with Crippen molar-refractivity contribution in [2.75, 3.05) is 6.54 Å². The lowest BCUT2D eigenvalue weighted by molar-refractivity contribution is 0.241. The number of fused-ring (bicyclic) bond motifs is 1. The molecular weight excluding hydrogens is 286 g/mol. The Kier molecular flexibility index (Phi) is 4.59. The van der Waals surface area contributed by atoms with Crippen LogP contribution in [0.15, 0.2) is 29.1 Å². The number of terminal acetylenes is 1. The van der Waals surface area contributed by atoms with Gasteiger partial charge < -0.3 is 4.98 Å². The van der Waals surface area contributed by atoms with Gasteiger partial charge in [-0.1, -0.05) is 25.0 Å². The van der Waals surface area contributed by atoms with Crippen molar-refractivity contribution < 1.29 is 0 Å². The SMILES string of the molecule is C#Cc1ccc(CN2CCc3nc(CCC)[nH]c(=O)c3C2)cc1. The molecule has 4 nitrogen and oxygen atoms in total. The van der Waals surface area contributed by atoms with Gasteiger partial charge in [-0.3, -0.25) is 9.69 Å². The third-order valence-corrected chi connectivity index (χ3v) is 4.21. The van der Waals surface area contributed by atoms with Crippen molar-refractivity contribution >= 4 is 0 Å². The fourth-order valence-electron chi connectivity index (χ4n) is 2.99. The molecule has 2 aromatic rings. The van der Waals surface area contributed by atoms with Gasteiger partial charge in [-0.2, -0.15) is 0 Å². The van der Waals surface area contributed by atoms with Gasteiger partial charge in [0.2, 0.25) is 0 Å². The highest BCUT2D eigenvalue weighted by Gasteiger charge is 2.21. The van der Waals surface area contributed by atoms with Crippen LogP contribution < -0.4 is 5.56 Å². The minimum Gasteiger partial charge on any atom is -0.310 e. The van der Waals surface area contributed by atoms with Crippen molar-refractivity contribution in [1.29, 1.82) is 0 Å². The summed E-state index contributed by atoms with van der Waals surface area (Å²) in [6, 6.07) is 8.02. The number of H-pyrrole nitrogens is 1. The smallest absolute Gasteiger partial charge is 0.255 e. The number of nitrogens with zero attached hydrogens (tertiary/aromatic N) is 2. The number of aromatic amines is 1. The molecule has 0 radical (unpaired) electrons. The van der Waals surface area contributed by atoms with E-state index in [1.807, 2.05) is 12.1 Å². The molecule has 0 unspecified atom stereocenters. The summed E-state index contributed by atoms with van der Waals surface area (Å²) >= 11 is 0. The van der Waals surface area contributed by atoms with Crippen molar-refractivity contribution in [2.24, 2.45) is 0 Å². The second kappa shape index (κ2) is 6.80. The van der Waals surface area contributed by atoms with Crippen molar-refractivity contribution in [2.45, 2.75) is 39.3 Å². The summed E-state index contributed by atoms with van der Waals surface area (Å²) in [6.07, 6.45) is 8.03. The molecule has 0 fully saturated rings. The molecule has 1 aliphatic rings. The van der Waals surface area contributed by atoms with E-state index in [4.69, 9.17) is 6.42 Å². The van der Waals surface area contributed by atoms with Gasteiger partial charge >= 0.3 is 0 Å². The van der Waals surface area contributed by atoms with Crippen molar-refractivity contribution in [3.05, 3.63) is 62.8 Å². The van der Waals surface area contributed by atoms with Crippen LogP contribution in [0.2, 0.25) is 0 Å². The second-order valence-electron chi connectivity index (χ2n) is 5.99. The van der Waals surface area contributed by atoms with Gasteiger partial charge in [0.1, 0.15) is 5.82 Å². The fraction of sp³-hybridized carbons (Fsp3) is 0.368. The quantitative estimate of drug-likeness (QED) is 0.882.